The molecule has 1 unspecified atom stereocenters. The maximum Gasteiger partial charge on any atom is 0.326 e. The van der Waals surface area contributed by atoms with Crippen LogP contribution in [0.2, 0.25) is 0 Å². The largest absolute Gasteiger partial charge is 0.468 e. The van der Waals surface area contributed by atoms with Crippen LogP contribution in [0.1, 0.15) is 67.2 Å². The number of hydrogen-bond acceptors (Lipinski definition) is 3. The Hall–Kier alpha value is -0.570. The third-order valence-electron chi connectivity index (χ3n) is 4.23. The van der Waals surface area contributed by atoms with E-state index in [1.165, 1.54) is 7.11 Å². The molecule has 0 aromatic carbocycles. The van der Waals surface area contributed by atoms with E-state index in [1.54, 1.807) is 0 Å². The molecule has 1 atom stereocenters. The van der Waals surface area contributed by atoms with Crippen molar-refractivity contribution in [3.63, 3.8) is 0 Å². The van der Waals surface area contributed by atoms with E-state index in [1.807, 2.05) is 0 Å². The van der Waals surface area contributed by atoms with Crippen LogP contribution in [0.15, 0.2) is 0 Å². The first-order chi connectivity index (χ1) is 8.56. The van der Waals surface area contributed by atoms with Crippen molar-refractivity contribution in [1.82, 2.24) is 5.32 Å². The molecule has 19 heavy (non-hydrogen) atoms. The number of carbonyl (C=O) groups excluding carboxylic acids is 1. The van der Waals surface area contributed by atoms with Crippen molar-refractivity contribution < 1.29 is 9.53 Å². The maximum atomic E-state index is 12.4. The molecule has 1 N–H and O–H groups in total. The second kappa shape index (κ2) is 5.43. The molecule has 0 spiro atoms. The van der Waals surface area contributed by atoms with Crippen LogP contribution < -0.4 is 5.32 Å². The summed E-state index contributed by atoms with van der Waals surface area (Å²) >= 11 is 0. The molecule has 1 fully saturated rings. The average molecular weight is 269 g/mol. The molecule has 1 aliphatic rings. The van der Waals surface area contributed by atoms with E-state index in [-0.39, 0.29) is 16.8 Å². The summed E-state index contributed by atoms with van der Waals surface area (Å²) in [5.74, 6) is -0.103. The Balaban J connectivity index is 3.11. The van der Waals surface area contributed by atoms with Crippen molar-refractivity contribution in [3.05, 3.63) is 0 Å². The Morgan fingerprint density at radius 3 is 2.00 bits per heavy atom. The molecule has 0 aromatic rings. The summed E-state index contributed by atoms with van der Waals surface area (Å²) in [4.78, 5) is 12.4. The lowest BCUT2D eigenvalue weighted by Crippen LogP contribution is -2.62. The van der Waals surface area contributed by atoms with E-state index in [0.717, 1.165) is 25.7 Å². The molecule has 0 bridgehead atoms. The topological polar surface area (TPSA) is 38.3 Å². The highest BCUT2D eigenvalue weighted by molar-refractivity contribution is 5.81. The number of hydrogen-bond donors (Lipinski definition) is 1. The Labute approximate surface area is 118 Å². The van der Waals surface area contributed by atoms with Gasteiger partial charge in [0.2, 0.25) is 0 Å². The predicted octanol–water partition coefficient (Wildman–Crippen LogP) is 3.52. The second-order valence-electron chi connectivity index (χ2n) is 7.89. The first kappa shape index (κ1) is 16.5. The molecule has 0 aromatic heterocycles. The molecule has 3 heteroatoms. The van der Waals surface area contributed by atoms with Gasteiger partial charge in [-0.15, -0.1) is 0 Å². The first-order valence-corrected chi connectivity index (χ1v) is 7.42. The first-order valence-electron chi connectivity index (χ1n) is 7.42. The van der Waals surface area contributed by atoms with Gasteiger partial charge in [-0.05, 0) is 43.4 Å². The van der Waals surface area contributed by atoms with E-state index in [0.29, 0.717) is 6.04 Å². The van der Waals surface area contributed by atoms with Crippen molar-refractivity contribution in [2.75, 3.05) is 7.11 Å². The van der Waals surface area contributed by atoms with Crippen molar-refractivity contribution in [2.45, 2.75) is 78.8 Å². The summed E-state index contributed by atoms with van der Waals surface area (Å²) in [6.45, 7) is 13.3. The highest BCUT2D eigenvalue weighted by atomic mass is 16.5. The number of carbonyl (C=O) groups is 1. The Morgan fingerprint density at radius 2 is 1.63 bits per heavy atom. The average Bonchev–Trinajstić information content (AvgIpc) is 2.23. The van der Waals surface area contributed by atoms with Crippen molar-refractivity contribution in [3.8, 4) is 0 Å². The van der Waals surface area contributed by atoms with Gasteiger partial charge >= 0.3 is 5.97 Å². The van der Waals surface area contributed by atoms with Gasteiger partial charge in [-0.2, -0.15) is 0 Å². The summed E-state index contributed by atoms with van der Waals surface area (Å²) in [7, 11) is 1.50. The third kappa shape index (κ3) is 3.95. The minimum absolute atomic E-state index is 0.103. The summed E-state index contributed by atoms with van der Waals surface area (Å²) in [5, 5.41) is 3.57. The van der Waals surface area contributed by atoms with E-state index in [2.05, 4.69) is 46.9 Å². The quantitative estimate of drug-likeness (QED) is 0.794. The molecule has 0 heterocycles. The lowest BCUT2D eigenvalue weighted by atomic mass is 9.58. The number of nitrogens with one attached hydrogen (secondary N) is 1. The summed E-state index contributed by atoms with van der Waals surface area (Å²) in [6, 6.07) is 0.323. The fourth-order valence-electron chi connectivity index (χ4n) is 4.19. The third-order valence-corrected chi connectivity index (χ3v) is 4.23. The molecule has 0 aliphatic heterocycles. The zero-order chi connectivity index (χ0) is 14.9. The van der Waals surface area contributed by atoms with E-state index in [4.69, 9.17) is 4.74 Å². The number of ether oxygens (including phenoxy) is 1. The predicted molar refractivity (Wildman–Crippen MR) is 79.0 cm³/mol. The number of esters is 1. The van der Waals surface area contributed by atoms with Gasteiger partial charge in [-0.3, -0.25) is 10.1 Å². The van der Waals surface area contributed by atoms with Crippen molar-refractivity contribution in [2.24, 2.45) is 10.8 Å². The van der Waals surface area contributed by atoms with Crippen LogP contribution in [0.5, 0.6) is 0 Å². The van der Waals surface area contributed by atoms with Gasteiger partial charge in [0.25, 0.3) is 0 Å². The van der Waals surface area contributed by atoms with Crippen LogP contribution in [0, 0.1) is 10.8 Å². The molecule has 0 amide bonds. The van der Waals surface area contributed by atoms with Crippen LogP contribution >= 0.6 is 0 Å². The molecular weight excluding hydrogens is 238 g/mol. The van der Waals surface area contributed by atoms with Crippen LogP contribution in [-0.4, -0.2) is 24.7 Å². The molecule has 1 aliphatic carbocycles. The lowest BCUT2D eigenvalue weighted by molar-refractivity contribution is -0.155. The van der Waals surface area contributed by atoms with Crippen molar-refractivity contribution in [1.29, 1.82) is 0 Å². The molecule has 1 rings (SSSR count). The molecular formula is C16H31NO2. The standard InChI is InChI=1S/C16H31NO2/c1-8-12(2)17-16(13(18)19-7)10-14(3,4)9-15(5,6)11-16/h12,17H,8-11H2,1-7H3. The van der Waals surface area contributed by atoms with Gasteiger partial charge < -0.3 is 4.74 Å². The maximum absolute atomic E-state index is 12.4. The van der Waals surface area contributed by atoms with Gasteiger partial charge in [0.1, 0.15) is 5.54 Å². The van der Waals surface area contributed by atoms with Crippen LogP contribution in [0.3, 0.4) is 0 Å². The zero-order valence-corrected chi connectivity index (χ0v) is 13.7. The Bertz CT molecular complexity index is 318. The monoisotopic (exact) mass is 269 g/mol. The van der Waals surface area contributed by atoms with E-state index in [9.17, 15) is 4.79 Å². The van der Waals surface area contributed by atoms with Gasteiger partial charge in [0.05, 0.1) is 7.11 Å². The minimum atomic E-state index is -0.532. The second-order valence-corrected chi connectivity index (χ2v) is 7.89. The fourth-order valence-corrected chi connectivity index (χ4v) is 4.19. The van der Waals surface area contributed by atoms with E-state index < -0.39 is 5.54 Å². The fraction of sp³-hybridized carbons (Fsp3) is 0.938. The van der Waals surface area contributed by atoms with Crippen LogP contribution in [0.25, 0.3) is 0 Å². The highest BCUT2D eigenvalue weighted by Crippen LogP contribution is 2.50. The molecule has 3 nitrogen and oxygen atoms in total. The number of methoxy groups -OCH3 is 1. The van der Waals surface area contributed by atoms with Crippen LogP contribution in [0.4, 0.5) is 0 Å². The van der Waals surface area contributed by atoms with Gasteiger partial charge in [0.15, 0.2) is 0 Å². The van der Waals surface area contributed by atoms with Crippen LogP contribution in [-0.2, 0) is 9.53 Å². The Morgan fingerprint density at radius 1 is 1.16 bits per heavy atom. The Kier molecular flexibility index (Phi) is 4.71. The highest BCUT2D eigenvalue weighted by Gasteiger charge is 2.52. The molecule has 112 valence electrons. The van der Waals surface area contributed by atoms with Crippen molar-refractivity contribution >= 4 is 5.97 Å². The molecule has 0 radical (unpaired) electrons. The summed E-state index contributed by atoms with van der Waals surface area (Å²) < 4.78 is 5.12. The summed E-state index contributed by atoms with van der Waals surface area (Å²) in [6.07, 6.45) is 3.85. The molecule has 1 saturated carbocycles. The smallest absolute Gasteiger partial charge is 0.326 e. The number of rotatable bonds is 4. The SMILES string of the molecule is CCC(C)NC1(C(=O)OC)CC(C)(C)CC(C)(C)C1. The van der Waals surface area contributed by atoms with Gasteiger partial charge in [-0.1, -0.05) is 34.6 Å². The van der Waals surface area contributed by atoms with Gasteiger partial charge in [-0.25, -0.2) is 0 Å². The lowest BCUT2D eigenvalue weighted by Gasteiger charge is -2.51. The normalized spacial score (nSPS) is 25.6. The van der Waals surface area contributed by atoms with Gasteiger partial charge in [0, 0.05) is 6.04 Å². The minimum Gasteiger partial charge on any atom is -0.468 e. The summed E-state index contributed by atoms with van der Waals surface area (Å²) in [5.41, 5.74) is -0.234. The van der Waals surface area contributed by atoms with E-state index >= 15 is 0 Å². The zero-order valence-electron chi connectivity index (χ0n) is 13.7. The molecule has 0 saturated heterocycles.